The summed E-state index contributed by atoms with van der Waals surface area (Å²) >= 11 is 0. The lowest BCUT2D eigenvalue weighted by Gasteiger charge is -2.32. The third-order valence-corrected chi connectivity index (χ3v) is 5.24. The Hall–Kier alpha value is -3.39. The number of hydrogen-bond donors (Lipinski definition) is 2. The monoisotopic (exact) mass is 390 g/mol. The second-order valence-corrected chi connectivity index (χ2v) is 7.22. The number of nitrogens with one attached hydrogen (secondary N) is 1. The Balaban J connectivity index is 1.60. The maximum atomic E-state index is 6.06. The minimum absolute atomic E-state index is 0.217. The van der Waals surface area contributed by atoms with Crippen molar-refractivity contribution in [1.29, 1.82) is 0 Å². The number of benzene rings is 1. The van der Waals surface area contributed by atoms with Crippen LogP contribution in [0.25, 0.3) is 33.3 Å². The SMILES string of the molecule is CNc1ncc(-c2nc3cc(N4CCO[C@H](C)C4)ccc3o2)c2cc(N)ncc12. The van der Waals surface area contributed by atoms with Gasteiger partial charge in [0.15, 0.2) is 5.58 Å². The summed E-state index contributed by atoms with van der Waals surface area (Å²) in [4.78, 5) is 15.7. The number of anilines is 3. The summed E-state index contributed by atoms with van der Waals surface area (Å²) in [6.07, 6.45) is 3.69. The zero-order chi connectivity index (χ0) is 20.0. The fourth-order valence-corrected chi connectivity index (χ4v) is 3.80. The molecule has 0 unspecified atom stereocenters. The zero-order valence-corrected chi connectivity index (χ0v) is 16.3. The van der Waals surface area contributed by atoms with Crippen LogP contribution in [0.1, 0.15) is 6.92 Å². The standard InChI is InChI=1S/C21H22N6O2/c1-12-11-27(5-6-28-12)13-3-4-18-17(7-13)26-21(29-18)16-10-25-20(23-2)15-9-24-19(22)8-14(15)16/h3-4,7-10,12H,5-6,11H2,1-2H3,(H2,22,24)(H,23,25)/t12-/m1/s1. The van der Waals surface area contributed by atoms with Crippen LogP contribution in [0, 0.1) is 0 Å². The lowest BCUT2D eigenvalue weighted by Crippen LogP contribution is -2.41. The van der Waals surface area contributed by atoms with Gasteiger partial charge in [0.25, 0.3) is 0 Å². The van der Waals surface area contributed by atoms with Crippen LogP contribution in [-0.2, 0) is 4.74 Å². The van der Waals surface area contributed by atoms with Crippen LogP contribution in [0.15, 0.2) is 41.1 Å². The van der Waals surface area contributed by atoms with Crippen LogP contribution >= 0.6 is 0 Å². The van der Waals surface area contributed by atoms with Crippen LogP contribution in [0.4, 0.5) is 17.3 Å². The van der Waals surface area contributed by atoms with Crippen LogP contribution in [0.3, 0.4) is 0 Å². The number of aromatic nitrogens is 3. The predicted octanol–water partition coefficient (Wildman–Crippen LogP) is 3.29. The van der Waals surface area contributed by atoms with E-state index < -0.39 is 0 Å². The molecular formula is C21H22N6O2. The molecule has 1 aliphatic heterocycles. The van der Waals surface area contributed by atoms with E-state index in [9.17, 15) is 0 Å². The van der Waals surface area contributed by atoms with Gasteiger partial charge in [-0.15, -0.1) is 0 Å². The van der Waals surface area contributed by atoms with E-state index in [1.807, 2.05) is 19.2 Å². The topological polar surface area (TPSA) is 102 Å². The molecule has 1 fully saturated rings. The quantitative estimate of drug-likeness (QED) is 0.549. The number of ether oxygens (including phenoxy) is 1. The summed E-state index contributed by atoms with van der Waals surface area (Å²) in [5.41, 5.74) is 9.38. The molecule has 29 heavy (non-hydrogen) atoms. The number of hydrogen-bond acceptors (Lipinski definition) is 8. The normalized spacial score (nSPS) is 17.2. The zero-order valence-electron chi connectivity index (χ0n) is 16.3. The minimum atomic E-state index is 0.217. The number of fused-ring (bicyclic) bond motifs is 2. The average Bonchev–Trinajstić information content (AvgIpc) is 3.15. The highest BCUT2D eigenvalue weighted by Gasteiger charge is 2.19. The molecule has 0 bridgehead atoms. The van der Waals surface area contributed by atoms with Crippen molar-refractivity contribution in [2.75, 3.05) is 42.7 Å². The highest BCUT2D eigenvalue weighted by molar-refractivity contribution is 6.01. The molecule has 1 aromatic carbocycles. The fraction of sp³-hybridized carbons (Fsp3) is 0.286. The second kappa shape index (κ2) is 6.89. The Labute approximate surface area is 167 Å². The van der Waals surface area contributed by atoms with Gasteiger partial charge in [0.1, 0.15) is 17.2 Å². The molecule has 0 aliphatic carbocycles. The number of nitrogens with two attached hydrogens (primary N) is 1. The molecule has 0 radical (unpaired) electrons. The van der Waals surface area contributed by atoms with E-state index in [2.05, 4.69) is 39.2 Å². The molecular weight excluding hydrogens is 368 g/mol. The molecule has 4 heterocycles. The molecule has 148 valence electrons. The first-order valence-corrected chi connectivity index (χ1v) is 9.62. The van der Waals surface area contributed by atoms with Gasteiger partial charge < -0.3 is 25.1 Å². The van der Waals surface area contributed by atoms with Crippen molar-refractivity contribution in [2.24, 2.45) is 0 Å². The van der Waals surface area contributed by atoms with E-state index in [1.54, 1.807) is 12.4 Å². The lowest BCUT2D eigenvalue weighted by atomic mass is 10.1. The molecule has 0 spiro atoms. The Kier molecular flexibility index (Phi) is 4.21. The fourth-order valence-electron chi connectivity index (χ4n) is 3.80. The molecule has 8 heteroatoms. The number of rotatable bonds is 3. The van der Waals surface area contributed by atoms with Crippen LogP contribution in [0.5, 0.6) is 0 Å². The van der Waals surface area contributed by atoms with E-state index in [0.717, 1.165) is 58.6 Å². The summed E-state index contributed by atoms with van der Waals surface area (Å²) in [5.74, 6) is 1.68. The van der Waals surface area contributed by atoms with Gasteiger partial charge in [-0.2, -0.15) is 0 Å². The van der Waals surface area contributed by atoms with E-state index in [0.29, 0.717) is 11.7 Å². The number of oxazole rings is 1. The summed E-state index contributed by atoms with van der Waals surface area (Å²) in [6.45, 7) is 4.55. The molecule has 4 aromatic rings. The van der Waals surface area contributed by atoms with Gasteiger partial charge in [-0.1, -0.05) is 0 Å². The Morgan fingerprint density at radius 2 is 2.07 bits per heavy atom. The van der Waals surface area contributed by atoms with Crippen LogP contribution in [-0.4, -0.2) is 47.8 Å². The van der Waals surface area contributed by atoms with Crippen molar-refractivity contribution in [2.45, 2.75) is 13.0 Å². The van der Waals surface area contributed by atoms with Gasteiger partial charge in [0, 0.05) is 49.0 Å². The molecule has 8 nitrogen and oxygen atoms in total. The van der Waals surface area contributed by atoms with Crippen LogP contribution in [0.2, 0.25) is 0 Å². The molecule has 1 aliphatic rings. The van der Waals surface area contributed by atoms with Gasteiger partial charge in [-0.05, 0) is 31.2 Å². The highest BCUT2D eigenvalue weighted by atomic mass is 16.5. The smallest absolute Gasteiger partial charge is 0.229 e. The molecule has 1 saturated heterocycles. The maximum Gasteiger partial charge on any atom is 0.229 e. The Bertz CT molecular complexity index is 1200. The first kappa shape index (κ1) is 17.7. The molecule has 1 atom stereocenters. The van der Waals surface area contributed by atoms with Crippen molar-refractivity contribution >= 4 is 39.2 Å². The van der Waals surface area contributed by atoms with Crippen molar-refractivity contribution in [3.05, 3.63) is 36.7 Å². The van der Waals surface area contributed by atoms with Gasteiger partial charge >= 0.3 is 0 Å². The summed E-state index contributed by atoms with van der Waals surface area (Å²) in [7, 11) is 1.82. The van der Waals surface area contributed by atoms with E-state index in [4.69, 9.17) is 19.9 Å². The predicted molar refractivity (Wildman–Crippen MR) is 114 cm³/mol. The third-order valence-electron chi connectivity index (χ3n) is 5.24. The molecule has 0 saturated carbocycles. The first-order valence-electron chi connectivity index (χ1n) is 9.62. The molecule has 3 N–H and O–H groups in total. The number of pyridine rings is 2. The van der Waals surface area contributed by atoms with Crippen LogP contribution < -0.4 is 16.0 Å². The largest absolute Gasteiger partial charge is 0.436 e. The summed E-state index contributed by atoms with van der Waals surface area (Å²) < 4.78 is 11.7. The van der Waals surface area contributed by atoms with Crippen molar-refractivity contribution in [1.82, 2.24) is 15.0 Å². The van der Waals surface area contributed by atoms with E-state index >= 15 is 0 Å². The maximum absolute atomic E-state index is 6.06. The lowest BCUT2D eigenvalue weighted by molar-refractivity contribution is 0.0532. The molecule has 5 rings (SSSR count). The van der Waals surface area contributed by atoms with Gasteiger partial charge in [0.2, 0.25) is 5.89 Å². The number of nitrogens with zero attached hydrogens (tertiary/aromatic N) is 4. The highest BCUT2D eigenvalue weighted by Crippen LogP contribution is 2.34. The first-order chi connectivity index (χ1) is 14.1. The second-order valence-electron chi connectivity index (χ2n) is 7.22. The third kappa shape index (κ3) is 3.11. The Morgan fingerprint density at radius 3 is 2.90 bits per heavy atom. The van der Waals surface area contributed by atoms with Crippen molar-refractivity contribution in [3.8, 4) is 11.5 Å². The molecule has 3 aromatic heterocycles. The van der Waals surface area contributed by atoms with Crippen molar-refractivity contribution in [3.63, 3.8) is 0 Å². The molecule has 0 amide bonds. The van der Waals surface area contributed by atoms with E-state index in [-0.39, 0.29) is 6.10 Å². The number of nitrogen functional groups attached to an aromatic ring is 1. The summed E-state index contributed by atoms with van der Waals surface area (Å²) in [5, 5.41) is 4.84. The van der Waals surface area contributed by atoms with E-state index in [1.165, 1.54) is 0 Å². The summed E-state index contributed by atoms with van der Waals surface area (Å²) in [6, 6.07) is 7.92. The number of morpholine rings is 1. The minimum Gasteiger partial charge on any atom is -0.436 e. The van der Waals surface area contributed by atoms with Gasteiger partial charge in [-0.3, -0.25) is 0 Å². The van der Waals surface area contributed by atoms with Gasteiger partial charge in [0.05, 0.1) is 18.3 Å². The van der Waals surface area contributed by atoms with Crippen molar-refractivity contribution < 1.29 is 9.15 Å². The van der Waals surface area contributed by atoms with Gasteiger partial charge in [-0.25, -0.2) is 15.0 Å². The average molecular weight is 390 g/mol. The Morgan fingerprint density at radius 1 is 1.17 bits per heavy atom.